The predicted octanol–water partition coefficient (Wildman–Crippen LogP) is 2.33. The van der Waals surface area contributed by atoms with Crippen molar-refractivity contribution in [1.82, 2.24) is 15.1 Å². The van der Waals surface area contributed by atoms with Crippen LogP contribution in [0.1, 0.15) is 58.3 Å². The van der Waals surface area contributed by atoms with E-state index in [0.29, 0.717) is 17.8 Å². The van der Waals surface area contributed by atoms with Crippen LogP contribution in [0.15, 0.2) is 4.42 Å². The third kappa shape index (κ3) is 3.79. The van der Waals surface area contributed by atoms with Crippen molar-refractivity contribution in [3.63, 3.8) is 0 Å². The minimum atomic E-state index is -0.585. The van der Waals surface area contributed by atoms with Gasteiger partial charge in [-0.25, -0.2) is 0 Å². The van der Waals surface area contributed by atoms with Gasteiger partial charge in [-0.1, -0.05) is 24.4 Å². The summed E-state index contributed by atoms with van der Waals surface area (Å²) in [5, 5.41) is 11.3. The maximum atomic E-state index is 5.96. The van der Waals surface area contributed by atoms with Crippen LogP contribution in [-0.2, 0) is 5.54 Å². The topological polar surface area (TPSA) is 80.2 Å². The Bertz CT molecular complexity index is 475. The van der Waals surface area contributed by atoms with Gasteiger partial charge in [-0.15, -0.1) is 5.10 Å². The van der Waals surface area contributed by atoms with Crippen molar-refractivity contribution in [1.29, 1.82) is 0 Å². The second kappa shape index (κ2) is 6.54. The van der Waals surface area contributed by atoms with E-state index in [1.807, 2.05) is 13.8 Å². The molecule has 22 heavy (non-hydrogen) atoms. The Morgan fingerprint density at radius 2 is 2.00 bits per heavy atom. The van der Waals surface area contributed by atoms with Gasteiger partial charge >= 0.3 is 6.01 Å². The summed E-state index contributed by atoms with van der Waals surface area (Å²) in [7, 11) is 0. The Morgan fingerprint density at radius 1 is 1.23 bits per heavy atom. The van der Waals surface area contributed by atoms with Gasteiger partial charge in [0.2, 0.25) is 5.89 Å². The lowest BCUT2D eigenvalue weighted by Gasteiger charge is -2.31. The van der Waals surface area contributed by atoms with Gasteiger partial charge in [-0.2, -0.15) is 0 Å². The van der Waals surface area contributed by atoms with E-state index in [2.05, 4.69) is 20.4 Å². The Morgan fingerprint density at radius 3 is 2.68 bits per heavy atom. The largest absolute Gasteiger partial charge is 0.406 e. The molecular formula is C16H29N5O. The molecular weight excluding hydrogens is 278 g/mol. The molecule has 1 aromatic heterocycles. The van der Waals surface area contributed by atoms with Crippen LogP contribution >= 0.6 is 0 Å². The second-order valence-electron chi connectivity index (χ2n) is 7.46. The quantitative estimate of drug-likeness (QED) is 0.869. The number of anilines is 1. The van der Waals surface area contributed by atoms with E-state index >= 15 is 0 Å². The third-order valence-electron chi connectivity index (χ3n) is 4.93. The van der Waals surface area contributed by atoms with E-state index in [1.165, 1.54) is 51.6 Å². The molecule has 3 rings (SSSR count). The first-order valence-corrected chi connectivity index (χ1v) is 8.63. The average molecular weight is 307 g/mol. The molecule has 3 N–H and O–H groups in total. The van der Waals surface area contributed by atoms with Gasteiger partial charge < -0.3 is 20.4 Å². The van der Waals surface area contributed by atoms with Crippen LogP contribution in [0.25, 0.3) is 0 Å². The zero-order valence-corrected chi connectivity index (χ0v) is 13.8. The van der Waals surface area contributed by atoms with Crippen molar-refractivity contribution in [2.75, 3.05) is 25.0 Å². The first-order chi connectivity index (χ1) is 10.5. The molecule has 6 heteroatoms. The van der Waals surface area contributed by atoms with Gasteiger partial charge in [0.15, 0.2) is 0 Å². The molecule has 2 aliphatic rings. The normalized spacial score (nSPS) is 24.8. The van der Waals surface area contributed by atoms with Crippen molar-refractivity contribution in [2.24, 2.45) is 11.7 Å². The lowest BCUT2D eigenvalue weighted by atomic mass is 9.94. The van der Waals surface area contributed by atoms with Crippen LogP contribution in [0.4, 0.5) is 6.01 Å². The number of hydrogen-bond acceptors (Lipinski definition) is 6. The smallest absolute Gasteiger partial charge is 0.315 e. The fourth-order valence-corrected chi connectivity index (χ4v) is 3.59. The minimum Gasteiger partial charge on any atom is -0.406 e. The number of likely N-dealkylation sites (tertiary alicyclic amines) is 1. The summed E-state index contributed by atoms with van der Waals surface area (Å²) < 4.78 is 5.58. The molecule has 1 saturated carbocycles. The van der Waals surface area contributed by atoms with Crippen molar-refractivity contribution < 1.29 is 4.42 Å². The number of aromatic nitrogens is 2. The SMILES string of the molecule is CC(C)(N)c1nnc(NCC2CCN(C3CCCCC3)C2)o1. The standard InChI is InChI=1S/C16H29N5O/c1-16(2,17)14-19-20-15(22-14)18-10-12-8-9-21(11-12)13-6-4-3-5-7-13/h12-13H,3-11,17H2,1-2H3,(H,18,20). The molecule has 0 spiro atoms. The Balaban J connectivity index is 1.45. The van der Waals surface area contributed by atoms with Gasteiger partial charge in [0, 0.05) is 19.1 Å². The fraction of sp³-hybridized carbons (Fsp3) is 0.875. The molecule has 0 bridgehead atoms. The fourth-order valence-electron chi connectivity index (χ4n) is 3.59. The molecule has 0 aromatic carbocycles. The summed E-state index contributed by atoms with van der Waals surface area (Å²) in [4.78, 5) is 2.69. The summed E-state index contributed by atoms with van der Waals surface area (Å²) in [5.41, 5.74) is 5.37. The Hall–Kier alpha value is -1.14. The maximum Gasteiger partial charge on any atom is 0.315 e. The number of nitrogens with two attached hydrogens (primary N) is 1. The van der Waals surface area contributed by atoms with Crippen molar-refractivity contribution >= 4 is 6.01 Å². The lowest BCUT2D eigenvalue weighted by molar-refractivity contribution is 0.186. The molecule has 1 aliphatic heterocycles. The predicted molar refractivity (Wildman–Crippen MR) is 86.6 cm³/mol. The molecule has 124 valence electrons. The summed E-state index contributed by atoms with van der Waals surface area (Å²) >= 11 is 0. The number of rotatable bonds is 5. The third-order valence-corrected chi connectivity index (χ3v) is 4.93. The van der Waals surface area contributed by atoms with Crippen molar-refractivity contribution in [3.05, 3.63) is 5.89 Å². The first-order valence-electron chi connectivity index (χ1n) is 8.63. The number of hydrogen-bond donors (Lipinski definition) is 2. The van der Waals surface area contributed by atoms with Crippen LogP contribution in [0, 0.1) is 5.92 Å². The second-order valence-corrected chi connectivity index (χ2v) is 7.46. The highest BCUT2D eigenvalue weighted by Gasteiger charge is 2.29. The van der Waals surface area contributed by atoms with E-state index in [9.17, 15) is 0 Å². The zero-order valence-electron chi connectivity index (χ0n) is 13.8. The molecule has 1 unspecified atom stereocenters. The van der Waals surface area contributed by atoms with E-state index in [4.69, 9.17) is 10.2 Å². The van der Waals surface area contributed by atoms with Crippen molar-refractivity contribution in [2.45, 2.75) is 64.0 Å². The van der Waals surface area contributed by atoms with Gasteiger partial charge in [0.05, 0.1) is 5.54 Å². The summed E-state index contributed by atoms with van der Waals surface area (Å²) in [6.45, 7) is 7.06. The number of nitrogens with one attached hydrogen (secondary N) is 1. The van der Waals surface area contributed by atoms with Gasteiger partial charge in [-0.05, 0) is 45.6 Å². The van der Waals surface area contributed by atoms with Crippen LogP contribution in [0.3, 0.4) is 0 Å². The average Bonchev–Trinajstić information content (AvgIpc) is 3.15. The molecule has 0 radical (unpaired) electrons. The van der Waals surface area contributed by atoms with Gasteiger partial charge in [0.25, 0.3) is 0 Å². The maximum absolute atomic E-state index is 5.96. The van der Waals surface area contributed by atoms with E-state index in [0.717, 1.165) is 12.6 Å². The molecule has 1 atom stereocenters. The van der Waals surface area contributed by atoms with Crippen LogP contribution in [0.2, 0.25) is 0 Å². The Labute approximate surface area is 132 Å². The van der Waals surface area contributed by atoms with Crippen molar-refractivity contribution in [3.8, 4) is 0 Å². The number of nitrogens with zero attached hydrogens (tertiary/aromatic N) is 3. The highest BCUT2D eigenvalue weighted by molar-refractivity contribution is 5.18. The molecule has 2 fully saturated rings. The van der Waals surface area contributed by atoms with Crippen LogP contribution < -0.4 is 11.1 Å². The molecule has 1 aliphatic carbocycles. The molecule has 6 nitrogen and oxygen atoms in total. The van der Waals surface area contributed by atoms with Gasteiger partial charge in [0.1, 0.15) is 0 Å². The molecule has 1 aromatic rings. The lowest BCUT2D eigenvalue weighted by Crippen LogP contribution is -2.35. The molecule has 0 amide bonds. The summed E-state index contributed by atoms with van der Waals surface area (Å²) in [5.74, 6) is 1.15. The minimum absolute atomic E-state index is 0.477. The van der Waals surface area contributed by atoms with Crippen LogP contribution in [0.5, 0.6) is 0 Å². The van der Waals surface area contributed by atoms with Crippen LogP contribution in [-0.4, -0.2) is 40.8 Å². The Kier molecular flexibility index (Phi) is 4.68. The highest BCUT2D eigenvalue weighted by Crippen LogP contribution is 2.28. The van der Waals surface area contributed by atoms with Gasteiger partial charge in [-0.3, -0.25) is 0 Å². The van der Waals surface area contributed by atoms with E-state index in [1.54, 1.807) is 0 Å². The summed E-state index contributed by atoms with van der Waals surface area (Å²) in [6, 6.07) is 1.32. The van der Waals surface area contributed by atoms with E-state index < -0.39 is 5.54 Å². The highest BCUT2D eigenvalue weighted by atomic mass is 16.4. The first kappa shape index (κ1) is 15.7. The molecule has 2 heterocycles. The monoisotopic (exact) mass is 307 g/mol. The summed E-state index contributed by atoms with van der Waals surface area (Å²) in [6.07, 6.45) is 8.27. The molecule has 1 saturated heterocycles. The van der Waals surface area contributed by atoms with E-state index in [-0.39, 0.29) is 0 Å². The zero-order chi connectivity index (χ0) is 15.6.